The second-order valence-electron chi connectivity index (χ2n) is 6.73. The van der Waals surface area contributed by atoms with Crippen LogP contribution in [0.3, 0.4) is 0 Å². The van der Waals surface area contributed by atoms with Crippen LogP contribution in [0.1, 0.15) is 25.6 Å². The smallest absolute Gasteiger partial charge is 0.317 e. The van der Waals surface area contributed by atoms with Gasteiger partial charge in [0, 0.05) is 45.6 Å². The minimum absolute atomic E-state index is 0.0248. The van der Waals surface area contributed by atoms with Gasteiger partial charge in [0.05, 0.1) is 17.6 Å². The van der Waals surface area contributed by atoms with Crippen molar-refractivity contribution >= 4 is 17.1 Å². The van der Waals surface area contributed by atoms with Crippen molar-refractivity contribution in [3.63, 3.8) is 0 Å². The highest BCUT2D eigenvalue weighted by molar-refractivity contribution is 5.76. The van der Waals surface area contributed by atoms with Gasteiger partial charge in [-0.05, 0) is 25.0 Å². The van der Waals surface area contributed by atoms with E-state index in [2.05, 4.69) is 27.9 Å². The normalized spacial score (nSPS) is 17.4. The SMILES string of the molecule is CCCOC[C@@H]1CCN(C(=O)NCCc2nc3ccccc3n2C)C1. The van der Waals surface area contributed by atoms with Gasteiger partial charge in [-0.1, -0.05) is 19.1 Å². The van der Waals surface area contributed by atoms with Crippen LogP contribution < -0.4 is 5.32 Å². The summed E-state index contributed by atoms with van der Waals surface area (Å²) >= 11 is 0. The topological polar surface area (TPSA) is 59.4 Å². The lowest BCUT2D eigenvalue weighted by Crippen LogP contribution is -2.39. The average Bonchev–Trinajstić information content (AvgIpc) is 3.21. The van der Waals surface area contributed by atoms with Gasteiger partial charge in [0.15, 0.2) is 0 Å². The summed E-state index contributed by atoms with van der Waals surface area (Å²) in [6.07, 6.45) is 2.80. The molecule has 6 nitrogen and oxygen atoms in total. The van der Waals surface area contributed by atoms with Gasteiger partial charge in [-0.2, -0.15) is 0 Å². The number of hydrogen-bond acceptors (Lipinski definition) is 3. The monoisotopic (exact) mass is 344 g/mol. The van der Waals surface area contributed by atoms with Crippen LogP contribution in [0.2, 0.25) is 0 Å². The molecule has 1 saturated heterocycles. The first-order valence-electron chi connectivity index (χ1n) is 9.20. The number of likely N-dealkylation sites (tertiary alicyclic amines) is 1. The van der Waals surface area contributed by atoms with Crippen molar-refractivity contribution in [1.29, 1.82) is 0 Å². The molecule has 2 aromatic rings. The Bertz CT molecular complexity index is 713. The first-order valence-corrected chi connectivity index (χ1v) is 9.20. The van der Waals surface area contributed by atoms with Gasteiger partial charge in [-0.3, -0.25) is 0 Å². The summed E-state index contributed by atoms with van der Waals surface area (Å²) in [4.78, 5) is 18.9. The molecular formula is C19H28N4O2. The van der Waals surface area contributed by atoms with E-state index in [1.54, 1.807) is 0 Å². The van der Waals surface area contributed by atoms with Crippen LogP contribution in [0.15, 0.2) is 24.3 Å². The lowest BCUT2D eigenvalue weighted by molar-refractivity contribution is 0.102. The number of carbonyl (C=O) groups excluding carboxylic acids is 1. The number of carbonyl (C=O) groups is 1. The minimum Gasteiger partial charge on any atom is -0.381 e. The molecule has 2 heterocycles. The third-order valence-electron chi connectivity index (χ3n) is 4.78. The number of fused-ring (bicyclic) bond motifs is 1. The summed E-state index contributed by atoms with van der Waals surface area (Å²) in [6, 6.07) is 8.12. The molecule has 0 aliphatic carbocycles. The van der Waals surface area contributed by atoms with E-state index in [-0.39, 0.29) is 6.03 Å². The van der Waals surface area contributed by atoms with Crippen molar-refractivity contribution in [2.24, 2.45) is 13.0 Å². The van der Waals surface area contributed by atoms with Crippen molar-refractivity contribution in [2.45, 2.75) is 26.2 Å². The maximum atomic E-state index is 12.3. The van der Waals surface area contributed by atoms with E-state index >= 15 is 0 Å². The summed E-state index contributed by atoms with van der Waals surface area (Å²) in [5.41, 5.74) is 2.12. The van der Waals surface area contributed by atoms with Crippen LogP contribution in [-0.4, -0.2) is 53.3 Å². The molecule has 0 saturated carbocycles. The van der Waals surface area contributed by atoms with Gasteiger partial charge >= 0.3 is 6.03 Å². The molecule has 2 amide bonds. The van der Waals surface area contributed by atoms with Crippen LogP contribution in [-0.2, 0) is 18.2 Å². The maximum Gasteiger partial charge on any atom is 0.317 e. The van der Waals surface area contributed by atoms with Crippen LogP contribution in [0.5, 0.6) is 0 Å². The molecule has 1 atom stereocenters. The Balaban J connectivity index is 1.44. The fourth-order valence-corrected chi connectivity index (χ4v) is 3.36. The molecule has 0 unspecified atom stereocenters. The van der Waals surface area contributed by atoms with Gasteiger partial charge in [0.25, 0.3) is 0 Å². The molecule has 136 valence electrons. The molecule has 1 aliphatic rings. The second-order valence-corrected chi connectivity index (χ2v) is 6.73. The van der Waals surface area contributed by atoms with E-state index in [1.165, 1.54) is 0 Å². The fourth-order valence-electron chi connectivity index (χ4n) is 3.36. The number of amides is 2. The Morgan fingerprint density at radius 3 is 3.04 bits per heavy atom. The highest BCUT2D eigenvalue weighted by atomic mass is 16.5. The fraction of sp³-hybridized carbons (Fsp3) is 0.579. The maximum absolute atomic E-state index is 12.3. The summed E-state index contributed by atoms with van der Waals surface area (Å²) in [5, 5.41) is 3.03. The van der Waals surface area contributed by atoms with Crippen molar-refractivity contribution < 1.29 is 9.53 Å². The number of aryl methyl sites for hydroxylation is 1. The molecule has 0 bridgehead atoms. The van der Waals surface area contributed by atoms with Crippen molar-refractivity contribution in [1.82, 2.24) is 19.8 Å². The van der Waals surface area contributed by atoms with Gasteiger partial charge in [0.2, 0.25) is 0 Å². The Labute approximate surface area is 149 Å². The number of imidazole rings is 1. The minimum atomic E-state index is 0.0248. The lowest BCUT2D eigenvalue weighted by Gasteiger charge is -2.17. The highest BCUT2D eigenvalue weighted by Gasteiger charge is 2.26. The second kappa shape index (κ2) is 8.34. The molecular weight excluding hydrogens is 316 g/mol. The van der Waals surface area contributed by atoms with Gasteiger partial charge < -0.3 is 19.5 Å². The van der Waals surface area contributed by atoms with Crippen molar-refractivity contribution in [2.75, 3.05) is 32.8 Å². The molecule has 1 fully saturated rings. The number of aromatic nitrogens is 2. The number of ether oxygens (including phenoxy) is 1. The Morgan fingerprint density at radius 1 is 1.40 bits per heavy atom. The standard InChI is InChI=1S/C19H28N4O2/c1-3-12-25-14-15-9-11-23(13-15)19(24)20-10-8-18-21-16-6-4-5-7-17(16)22(18)2/h4-7,15H,3,8-14H2,1-2H3,(H,20,24)/t15-/m1/s1. The van der Waals surface area contributed by atoms with Gasteiger partial charge in [-0.25, -0.2) is 9.78 Å². The zero-order valence-electron chi connectivity index (χ0n) is 15.2. The largest absolute Gasteiger partial charge is 0.381 e. The number of urea groups is 1. The number of para-hydroxylation sites is 2. The lowest BCUT2D eigenvalue weighted by atomic mass is 10.1. The van der Waals surface area contributed by atoms with E-state index in [9.17, 15) is 4.79 Å². The van der Waals surface area contributed by atoms with E-state index in [0.717, 1.165) is 62.4 Å². The Kier molecular flexibility index (Phi) is 5.91. The molecule has 0 radical (unpaired) electrons. The number of benzene rings is 1. The Morgan fingerprint density at radius 2 is 2.24 bits per heavy atom. The van der Waals surface area contributed by atoms with E-state index < -0.39 is 0 Å². The first-order chi connectivity index (χ1) is 12.2. The predicted molar refractivity (Wildman–Crippen MR) is 98.6 cm³/mol. The zero-order chi connectivity index (χ0) is 17.6. The number of hydrogen-bond donors (Lipinski definition) is 1. The van der Waals surface area contributed by atoms with Crippen LogP contribution in [0.4, 0.5) is 4.79 Å². The van der Waals surface area contributed by atoms with Gasteiger partial charge in [-0.15, -0.1) is 0 Å². The van der Waals surface area contributed by atoms with Crippen LogP contribution in [0.25, 0.3) is 11.0 Å². The summed E-state index contributed by atoms with van der Waals surface area (Å²) in [5.74, 6) is 1.46. The molecule has 1 aliphatic heterocycles. The molecule has 6 heteroatoms. The summed E-state index contributed by atoms with van der Waals surface area (Å²) in [7, 11) is 2.02. The van der Waals surface area contributed by atoms with Crippen LogP contribution in [0, 0.1) is 5.92 Å². The third kappa shape index (κ3) is 4.31. The summed E-state index contributed by atoms with van der Waals surface area (Å²) < 4.78 is 7.70. The number of rotatable bonds is 7. The molecule has 0 spiro atoms. The number of nitrogens with zero attached hydrogens (tertiary/aromatic N) is 3. The molecule has 1 aromatic carbocycles. The Hall–Kier alpha value is -2.08. The van der Waals surface area contributed by atoms with Gasteiger partial charge in [0.1, 0.15) is 5.82 Å². The molecule has 25 heavy (non-hydrogen) atoms. The van der Waals surface area contributed by atoms with E-state index in [0.29, 0.717) is 12.5 Å². The quantitative estimate of drug-likeness (QED) is 0.786. The van der Waals surface area contributed by atoms with Crippen LogP contribution >= 0.6 is 0 Å². The zero-order valence-corrected chi connectivity index (χ0v) is 15.2. The van der Waals surface area contributed by atoms with E-state index in [4.69, 9.17) is 4.74 Å². The molecule has 1 N–H and O–H groups in total. The highest BCUT2D eigenvalue weighted by Crippen LogP contribution is 2.17. The predicted octanol–water partition coefficient (Wildman–Crippen LogP) is 2.57. The van der Waals surface area contributed by atoms with Crippen molar-refractivity contribution in [3.05, 3.63) is 30.1 Å². The van der Waals surface area contributed by atoms with Crippen molar-refractivity contribution in [3.8, 4) is 0 Å². The molecule has 1 aromatic heterocycles. The average molecular weight is 344 g/mol. The summed E-state index contributed by atoms with van der Waals surface area (Å²) in [6.45, 7) is 5.89. The molecule has 3 rings (SSSR count). The first kappa shape index (κ1) is 17.7. The number of nitrogens with one attached hydrogen (secondary N) is 1. The third-order valence-corrected chi connectivity index (χ3v) is 4.78. The van der Waals surface area contributed by atoms with E-state index in [1.807, 2.05) is 30.1 Å².